The number of hydrogen-bond donors (Lipinski definition) is 0. The first-order chi connectivity index (χ1) is 12.0. The summed E-state index contributed by atoms with van der Waals surface area (Å²) in [4.78, 5) is 10.9. The number of fused-ring (bicyclic) bond motifs is 3. The number of hydrogen-bond acceptors (Lipinski definition) is 5. The summed E-state index contributed by atoms with van der Waals surface area (Å²) in [7, 11) is 0. The third-order valence-corrected chi connectivity index (χ3v) is 6.00. The van der Waals surface area contributed by atoms with Gasteiger partial charge in [-0.05, 0) is 51.8 Å². The molecule has 0 N–H and O–H groups in total. The molecular weight excluding hydrogens is 330 g/mol. The van der Waals surface area contributed by atoms with Crippen LogP contribution < -0.4 is 0 Å². The average molecular weight is 351 g/mol. The predicted molar refractivity (Wildman–Crippen MR) is 101 cm³/mol. The summed E-state index contributed by atoms with van der Waals surface area (Å²) in [6.07, 6.45) is 2.81. The minimum absolute atomic E-state index is 0.00295. The lowest BCUT2D eigenvalue weighted by Crippen LogP contribution is -2.08. The Morgan fingerprint density at radius 1 is 1.12 bits per heavy atom. The lowest BCUT2D eigenvalue weighted by molar-refractivity contribution is 0.640. The predicted octanol–water partition coefficient (Wildman–Crippen LogP) is 4.26. The quantitative estimate of drug-likeness (QED) is 0.693. The molecule has 4 heterocycles. The van der Waals surface area contributed by atoms with E-state index in [4.69, 9.17) is 4.99 Å². The van der Waals surface area contributed by atoms with Crippen molar-refractivity contribution < 1.29 is 0 Å². The maximum absolute atomic E-state index is 5.12. The zero-order valence-electron chi connectivity index (χ0n) is 15.2. The maximum atomic E-state index is 5.12. The highest BCUT2D eigenvalue weighted by atomic mass is 32.1. The Morgan fingerprint density at radius 2 is 1.92 bits per heavy atom. The van der Waals surface area contributed by atoms with Crippen LogP contribution in [0.4, 0.5) is 0 Å². The molecule has 0 bridgehead atoms. The second-order valence-corrected chi connectivity index (χ2v) is 7.70. The van der Waals surface area contributed by atoms with Crippen molar-refractivity contribution in [2.45, 2.75) is 47.1 Å². The minimum atomic E-state index is -0.00295. The summed E-state index contributed by atoms with van der Waals surface area (Å²) in [5, 5.41) is 9.94. The van der Waals surface area contributed by atoms with Gasteiger partial charge in [0.25, 0.3) is 0 Å². The van der Waals surface area contributed by atoms with E-state index in [0.29, 0.717) is 0 Å². The van der Waals surface area contributed by atoms with Crippen LogP contribution in [0.3, 0.4) is 0 Å². The standard InChI is InChI=1S/C19H21N5S/c1-6-15-18-23-22-13(5)24(18)19-16(11(3)12(4)25-19)17(21-15)14-8-7-10(2)20-9-14/h7-9,15H,6H2,1-5H3/t15-/m0/s1. The van der Waals surface area contributed by atoms with E-state index in [2.05, 4.69) is 46.6 Å². The van der Waals surface area contributed by atoms with Gasteiger partial charge in [-0.2, -0.15) is 0 Å². The van der Waals surface area contributed by atoms with E-state index in [-0.39, 0.29) is 6.04 Å². The van der Waals surface area contributed by atoms with Crippen LogP contribution in [0.25, 0.3) is 5.00 Å². The van der Waals surface area contributed by atoms with E-state index in [1.165, 1.54) is 21.0 Å². The van der Waals surface area contributed by atoms with Crippen LogP contribution in [0.15, 0.2) is 23.3 Å². The summed E-state index contributed by atoms with van der Waals surface area (Å²) in [6.45, 7) is 10.5. The molecule has 0 saturated heterocycles. The van der Waals surface area contributed by atoms with Crippen molar-refractivity contribution >= 4 is 17.0 Å². The van der Waals surface area contributed by atoms with Crippen LogP contribution in [0.2, 0.25) is 0 Å². The van der Waals surface area contributed by atoms with E-state index in [0.717, 1.165) is 35.0 Å². The van der Waals surface area contributed by atoms with Crippen LogP contribution in [-0.4, -0.2) is 25.5 Å². The Bertz CT molecular complexity index is 978. The van der Waals surface area contributed by atoms with Crippen molar-refractivity contribution in [2.24, 2.45) is 4.99 Å². The highest BCUT2D eigenvalue weighted by Gasteiger charge is 2.30. The molecule has 6 heteroatoms. The molecule has 0 amide bonds. The lowest BCUT2D eigenvalue weighted by Gasteiger charge is -2.10. The molecule has 25 heavy (non-hydrogen) atoms. The Kier molecular flexibility index (Phi) is 3.80. The Hall–Kier alpha value is -2.34. The summed E-state index contributed by atoms with van der Waals surface area (Å²) < 4.78 is 2.19. The summed E-state index contributed by atoms with van der Waals surface area (Å²) in [5.74, 6) is 1.84. The number of rotatable bonds is 2. The highest BCUT2D eigenvalue weighted by molar-refractivity contribution is 7.15. The number of aromatic nitrogens is 4. The molecule has 3 aromatic rings. The number of nitrogens with zero attached hydrogens (tertiary/aromatic N) is 5. The fourth-order valence-electron chi connectivity index (χ4n) is 3.27. The highest BCUT2D eigenvalue weighted by Crippen LogP contribution is 2.39. The molecule has 3 aromatic heterocycles. The van der Waals surface area contributed by atoms with Gasteiger partial charge in [0.15, 0.2) is 5.82 Å². The average Bonchev–Trinajstić information content (AvgIpc) is 3.06. The smallest absolute Gasteiger partial charge is 0.163 e. The second-order valence-electron chi connectivity index (χ2n) is 6.49. The van der Waals surface area contributed by atoms with Crippen LogP contribution in [0.5, 0.6) is 0 Å². The molecule has 1 aliphatic heterocycles. The zero-order chi connectivity index (χ0) is 17.7. The van der Waals surface area contributed by atoms with E-state index in [1.807, 2.05) is 26.1 Å². The summed E-state index contributed by atoms with van der Waals surface area (Å²) in [5.41, 5.74) is 5.54. The first-order valence-corrected chi connectivity index (χ1v) is 9.36. The van der Waals surface area contributed by atoms with Crippen molar-refractivity contribution in [3.05, 3.63) is 57.2 Å². The number of aliphatic imine (C=N–C) groups is 1. The molecule has 4 rings (SSSR count). The molecule has 0 aliphatic carbocycles. The van der Waals surface area contributed by atoms with Gasteiger partial charge in [-0.25, -0.2) is 0 Å². The SMILES string of the molecule is CC[C@@H]1N=C(c2ccc(C)nc2)c2c(sc(C)c2C)-n2c(C)nnc21. The topological polar surface area (TPSA) is 56.0 Å². The van der Waals surface area contributed by atoms with Gasteiger partial charge in [0.2, 0.25) is 0 Å². The van der Waals surface area contributed by atoms with Gasteiger partial charge in [-0.15, -0.1) is 21.5 Å². The lowest BCUT2D eigenvalue weighted by atomic mass is 10.0. The molecule has 0 saturated carbocycles. The van der Waals surface area contributed by atoms with Crippen molar-refractivity contribution in [3.63, 3.8) is 0 Å². The first kappa shape index (κ1) is 16.1. The summed E-state index contributed by atoms with van der Waals surface area (Å²) in [6, 6.07) is 4.16. The number of aryl methyl sites for hydroxylation is 3. The number of pyridine rings is 1. The van der Waals surface area contributed by atoms with Crippen molar-refractivity contribution in [3.8, 4) is 5.00 Å². The van der Waals surface area contributed by atoms with Gasteiger partial charge >= 0.3 is 0 Å². The van der Waals surface area contributed by atoms with Gasteiger partial charge in [0, 0.05) is 27.9 Å². The molecule has 0 unspecified atom stereocenters. The second kappa shape index (κ2) is 5.88. The number of thiophene rings is 1. The molecule has 0 spiro atoms. The zero-order valence-corrected chi connectivity index (χ0v) is 16.0. The van der Waals surface area contributed by atoms with E-state index in [9.17, 15) is 0 Å². The van der Waals surface area contributed by atoms with E-state index >= 15 is 0 Å². The molecule has 0 radical (unpaired) electrons. The molecular formula is C19H21N5S. The molecule has 0 aromatic carbocycles. The molecule has 1 aliphatic rings. The van der Waals surface area contributed by atoms with Crippen LogP contribution in [-0.2, 0) is 0 Å². The van der Waals surface area contributed by atoms with E-state index < -0.39 is 0 Å². The third-order valence-electron chi connectivity index (χ3n) is 4.81. The van der Waals surface area contributed by atoms with Gasteiger partial charge in [0.1, 0.15) is 16.9 Å². The van der Waals surface area contributed by atoms with E-state index in [1.54, 1.807) is 11.3 Å². The maximum Gasteiger partial charge on any atom is 0.163 e. The van der Waals surface area contributed by atoms with Gasteiger partial charge < -0.3 is 0 Å². The fourth-order valence-corrected chi connectivity index (χ4v) is 4.48. The molecule has 1 atom stereocenters. The van der Waals surface area contributed by atoms with Gasteiger partial charge in [-0.3, -0.25) is 14.5 Å². The van der Waals surface area contributed by atoms with Crippen LogP contribution >= 0.6 is 11.3 Å². The normalized spacial score (nSPS) is 16.2. The van der Waals surface area contributed by atoms with Gasteiger partial charge in [0.05, 0.1) is 5.71 Å². The van der Waals surface area contributed by atoms with Crippen molar-refractivity contribution in [2.75, 3.05) is 0 Å². The Morgan fingerprint density at radius 3 is 2.60 bits per heavy atom. The van der Waals surface area contributed by atoms with Gasteiger partial charge in [-0.1, -0.05) is 6.92 Å². The fraction of sp³-hybridized carbons (Fsp3) is 0.368. The van der Waals surface area contributed by atoms with Crippen molar-refractivity contribution in [1.29, 1.82) is 0 Å². The Labute approximate surface area is 151 Å². The monoisotopic (exact) mass is 351 g/mol. The summed E-state index contributed by atoms with van der Waals surface area (Å²) >= 11 is 1.79. The Balaban J connectivity index is 2.05. The molecule has 5 nitrogen and oxygen atoms in total. The van der Waals surface area contributed by atoms with Crippen molar-refractivity contribution in [1.82, 2.24) is 19.7 Å². The molecule has 0 fully saturated rings. The minimum Gasteiger partial charge on any atom is -0.272 e. The first-order valence-electron chi connectivity index (χ1n) is 8.54. The van der Waals surface area contributed by atoms with Crippen LogP contribution in [0, 0.1) is 27.7 Å². The molecule has 128 valence electrons. The van der Waals surface area contributed by atoms with Crippen LogP contribution in [0.1, 0.15) is 58.3 Å². The largest absolute Gasteiger partial charge is 0.272 e. The third kappa shape index (κ3) is 2.43.